The Balaban J connectivity index is 1.30. The third-order valence-corrected chi connectivity index (χ3v) is 6.59. The minimum absolute atomic E-state index is 0.00390. The van der Waals surface area contributed by atoms with Gasteiger partial charge in [-0.25, -0.2) is 0 Å². The molecule has 2 saturated heterocycles. The van der Waals surface area contributed by atoms with Crippen LogP contribution in [0.2, 0.25) is 0 Å². The van der Waals surface area contributed by atoms with Crippen LogP contribution in [0, 0.1) is 0 Å². The highest BCUT2D eigenvalue weighted by molar-refractivity contribution is 5.99. The Morgan fingerprint density at radius 1 is 0.969 bits per heavy atom. The fraction of sp³-hybridized carbons (Fsp3) is 0.360. The lowest BCUT2D eigenvalue weighted by atomic mass is 10.0. The van der Waals surface area contributed by atoms with Crippen LogP contribution < -0.4 is 10.9 Å². The van der Waals surface area contributed by atoms with E-state index in [1.165, 1.54) is 6.07 Å². The molecule has 1 aromatic heterocycles. The molecule has 1 amide bonds. The minimum atomic E-state index is -0.118. The Kier molecular flexibility index (Phi) is 5.78. The second-order valence-corrected chi connectivity index (χ2v) is 8.74. The van der Waals surface area contributed by atoms with Crippen molar-refractivity contribution in [3.8, 4) is 11.1 Å². The van der Waals surface area contributed by atoms with E-state index in [0.29, 0.717) is 18.8 Å². The zero-order chi connectivity index (χ0) is 22.1. The van der Waals surface area contributed by atoms with Crippen molar-refractivity contribution in [3.05, 3.63) is 70.6 Å². The van der Waals surface area contributed by atoms with Crippen molar-refractivity contribution >= 4 is 16.7 Å². The van der Waals surface area contributed by atoms with Crippen molar-refractivity contribution in [2.24, 2.45) is 0 Å². The van der Waals surface area contributed by atoms with Gasteiger partial charge in [0.25, 0.3) is 5.91 Å². The molecule has 0 unspecified atom stereocenters. The maximum absolute atomic E-state index is 13.0. The van der Waals surface area contributed by atoms with E-state index in [2.05, 4.69) is 33.2 Å². The van der Waals surface area contributed by atoms with Gasteiger partial charge in [0.1, 0.15) is 0 Å². The number of hydrogen-bond acceptors (Lipinski definition) is 5. The molecular weight excluding hydrogens is 404 g/mol. The molecule has 3 aromatic rings. The highest BCUT2D eigenvalue weighted by Gasteiger charge is 2.35. The first-order valence-corrected chi connectivity index (χ1v) is 11.1. The van der Waals surface area contributed by atoms with Crippen LogP contribution in [0.15, 0.2) is 59.5 Å². The molecule has 0 aliphatic carbocycles. The molecule has 2 atom stereocenters. The van der Waals surface area contributed by atoms with Gasteiger partial charge >= 0.3 is 0 Å². The lowest BCUT2D eigenvalue weighted by Crippen LogP contribution is -2.56. The standard InChI is InChI=1S/C25H28N4O3/c1-28-8-10-29(11-9-28)23-16-32-15-22(23)27-25(31)20-5-4-17-12-19(3-2-18(17)13-20)21-6-7-24(30)26-14-21/h2-7,12-14,22-23H,8-11,15-16H2,1H3,(H,26,30)(H,27,31)/t22-,23-/m0/s1. The molecule has 2 N–H and O–H groups in total. The molecule has 0 saturated carbocycles. The van der Waals surface area contributed by atoms with Crippen molar-refractivity contribution in [2.45, 2.75) is 12.1 Å². The summed E-state index contributed by atoms with van der Waals surface area (Å²) in [5.41, 5.74) is 2.50. The van der Waals surface area contributed by atoms with Crippen LogP contribution in [0.1, 0.15) is 10.4 Å². The van der Waals surface area contributed by atoms with Crippen LogP contribution in [0.25, 0.3) is 21.9 Å². The number of amides is 1. The van der Waals surface area contributed by atoms with Gasteiger partial charge in [-0.2, -0.15) is 0 Å². The van der Waals surface area contributed by atoms with Crippen LogP contribution in [-0.4, -0.2) is 79.2 Å². The van der Waals surface area contributed by atoms with Gasteiger partial charge in [-0.05, 0) is 53.2 Å². The monoisotopic (exact) mass is 432 g/mol. The van der Waals surface area contributed by atoms with E-state index in [-0.39, 0.29) is 23.6 Å². The molecule has 32 heavy (non-hydrogen) atoms. The molecule has 3 heterocycles. The van der Waals surface area contributed by atoms with Gasteiger partial charge in [0.05, 0.1) is 25.3 Å². The number of piperazine rings is 1. The molecule has 166 valence electrons. The number of pyridine rings is 1. The van der Waals surface area contributed by atoms with E-state index < -0.39 is 0 Å². The van der Waals surface area contributed by atoms with Crippen molar-refractivity contribution in [1.29, 1.82) is 0 Å². The zero-order valence-corrected chi connectivity index (χ0v) is 18.2. The van der Waals surface area contributed by atoms with E-state index in [9.17, 15) is 9.59 Å². The lowest BCUT2D eigenvalue weighted by Gasteiger charge is -2.38. The van der Waals surface area contributed by atoms with E-state index in [1.807, 2.05) is 36.4 Å². The molecule has 2 aromatic carbocycles. The Bertz CT molecular complexity index is 1160. The first-order chi connectivity index (χ1) is 15.6. The smallest absolute Gasteiger partial charge is 0.251 e. The molecule has 0 radical (unpaired) electrons. The molecule has 7 heteroatoms. The molecule has 0 spiro atoms. The molecule has 0 bridgehead atoms. The SMILES string of the molecule is CN1CCN([C@H]2COC[C@@H]2NC(=O)c2ccc3cc(-c4ccc(=O)[nH]c4)ccc3c2)CC1. The summed E-state index contributed by atoms with van der Waals surface area (Å²) >= 11 is 0. The van der Waals surface area contributed by atoms with Crippen molar-refractivity contribution in [2.75, 3.05) is 46.4 Å². The third-order valence-electron chi connectivity index (χ3n) is 6.59. The van der Waals surface area contributed by atoms with Crippen LogP contribution in [0.3, 0.4) is 0 Å². The molecule has 5 rings (SSSR count). The second kappa shape index (κ2) is 8.86. The minimum Gasteiger partial charge on any atom is -0.378 e. The van der Waals surface area contributed by atoms with Gasteiger partial charge in [0.15, 0.2) is 0 Å². The molecule has 2 aliphatic heterocycles. The number of aromatic amines is 1. The van der Waals surface area contributed by atoms with Crippen molar-refractivity contribution in [1.82, 2.24) is 20.1 Å². The average molecular weight is 433 g/mol. The average Bonchev–Trinajstić information content (AvgIpc) is 3.27. The Morgan fingerprint density at radius 2 is 1.72 bits per heavy atom. The zero-order valence-electron chi connectivity index (χ0n) is 18.2. The van der Waals surface area contributed by atoms with Crippen LogP contribution in [0.4, 0.5) is 0 Å². The summed E-state index contributed by atoms with van der Waals surface area (Å²) in [6.45, 7) is 5.32. The summed E-state index contributed by atoms with van der Waals surface area (Å²) in [6.07, 6.45) is 1.71. The normalized spacial score (nSPS) is 22.3. The summed E-state index contributed by atoms with van der Waals surface area (Å²) in [5, 5.41) is 5.26. The molecule has 2 aliphatic rings. The third kappa shape index (κ3) is 4.32. The van der Waals surface area contributed by atoms with Crippen LogP contribution in [0.5, 0.6) is 0 Å². The summed E-state index contributed by atoms with van der Waals surface area (Å²) in [5.74, 6) is -0.0637. The molecule has 7 nitrogen and oxygen atoms in total. The highest BCUT2D eigenvalue weighted by Crippen LogP contribution is 2.25. The number of benzene rings is 2. The van der Waals surface area contributed by atoms with Gasteiger partial charge in [-0.3, -0.25) is 14.5 Å². The number of hydrogen-bond donors (Lipinski definition) is 2. The van der Waals surface area contributed by atoms with Crippen molar-refractivity contribution in [3.63, 3.8) is 0 Å². The number of aromatic nitrogens is 1. The number of fused-ring (bicyclic) bond motifs is 1. The van der Waals surface area contributed by atoms with Gasteiger partial charge < -0.3 is 19.9 Å². The predicted molar refractivity (Wildman–Crippen MR) is 125 cm³/mol. The maximum atomic E-state index is 13.0. The largest absolute Gasteiger partial charge is 0.378 e. The predicted octanol–water partition coefficient (Wildman–Crippen LogP) is 1.94. The van der Waals surface area contributed by atoms with E-state index in [0.717, 1.165) is 48.1 Å². The number of carbonyl (C=O) groups excluding carboxylic acids is 1. The number of nitrogens with zero attached hydrogens (tertiary/aromatic N) is 2. The topological polar surface area (TPSA) is 77.7 Å². The van der Waals surface area contributed by atoms with Gasteiger partial charge in [-0.1, -0.05) is 18.2 Å². The number of nitrogens with one attached hydrogen (secondary N) is 2. The van der Waals surface area contributed by atoms with E-state index in [1.54, 1.807) is 6.20 Å². The van der Waals surface area contributed by atoms with Gasteiger partial charge in [-0.15, -0.1) is 0 Å². The number of carbonyl (C=O) groups is 1. The number of ether oxygens (including phenoxy) is 1. The Hall–Kier alpha value is -3.00. The number of H-pyrrole nitrogens is 1. The van der Waals surface area contributed by atoms with E-state index in [4.69, 9.17) is 4.74 Å². The van der Waals surface area contributed by atoms with E-state index >= 15 is 0 Å². The summed E-state index contributed by atoms with van der Waals surface area (Å²) in [4.78, 5) is 31.8. The van der Waals surface area contributed by atoms with Gasteiger partial charge in [0.2, 0.25) is 5.56 Å². The summed E-state index contributed by atoms with van der Waals surface area (Å²) in [7, 11) is 2.14. The van der Waals surface area contributed by atoms with Crippen molar-refractivity contribution < 1.29 is 9.53 Å². The summed E-state index contributed by atoms with van der Waals surface area (Å²) in [6, 6.07) is 15.4. The van der Waals surface area contributed by atoms with Crippen LogP contribution in [-0.2, 0) is 4.74 Å². The number of likely N-dealkylation sites (N-methyl/N-ethyl adjacent to an activating group) is 1. The lowest BCUT2D eigenvalue weighted by molar-refractivity contribution is 0.0829. The first-order valence-electron chi connectivity index (χ1n) is 11.1. The summed E-state index contributed by atoms with van der Waals surface area (Å²) < 4.78 is 5.73. The fourth-order valence-electron chi connectivity index (χ4n) is 4.60. The molecular formula is C25H28N4O3. The first kappa shape index (κ1) is 20.9. The Morgan fingerprint density at radius 3 is 2.50 bits per heavy atom. The van der Waals surface area contributed by atoms with Gasteiger partial charge in [0, 0.05) is 44.0 Å². The Labute approximate surface area is 187 Å². The van der Waals surface area contributed by atoms with Crippen LogP contribution >= 0.6 is 0 Å². The highest BCUT2D eigenvalue weighted by atomic mass is 16.5. The second-order valence-electron chi connectivity index (χ2n) is 8.74. The fourth-order valence-corrected chi connectivity index (χ4v) is 4.60. The number of rotatable bonds is 4. The maximum Gasteiger partial charge on any atom is 0.251 e. The quantitative estimate of drug-likeness (QED) is 0.659. The molecule has 2 fully saturated rings.